The van der Waals surface area contributed by atoms with Crippen LogP contribution in [0.5, 0.6) is 0 Å². The number of aliphatic imine (C=N–C) groups is 1. The summed E-state index contributed by atoms with van der Waals surface area (Å²) in [6.07, 6.45) is 3.45. The summed E-state index contributed by atoms with van der Waals surface area (Å²) in [7, 11) is -1.22. The number of piperidine rings is 1. The van der Waals surface area contributed by atoms with E-state index in [1.807, 2.05) is 0 Å². The highest BCUT2D eigenvalue weighted by atomic mass is 32.2. The number of rotatable bonds is 8. The molecule has 1 fully saturated rings. The molecular weight excluding hydrogens is 364 g/mol. The second kappa shape index (κ2) is 10.5. The van der Waals surface area contributed by atoms with Crippen molar-refractivity contribution in [3.8, 4) is 0 Å². The van der Waals surface area contributed by atoms with Crippen molar-refractivity contribution in [1.82, 2.24) is 10.6 Å². The number of ether oxygens (including phenoxy) is 1. The van der Waals surface area contributed by atoms with Crippen molar-refractivity contribution < 1.29 is 13.2 Å². The standard InChI is InChI=1S/C19H32N4O3S/c1-16-6-8-18(9-7-16)23-11-4-5-17(15-23)22-19(20-2)21-10-12-26-13-14-27(3,24)25/h6-9,17H,4-5,10-15H2,1-3H3,(H2,20,21,22). The second-order valence-corrected chi connectivity index (χ2v) is 9.27. The van der Waals surface area contributed by atoms with Crippen LogP contribution >= 0.6 is 0 Å². The van der Waals surface area contributed by atoms with Crippen molar-refractivity contribution in [2.75, 3.05) is 56.8 Å². The molecule has 1 heterocycles. The summed E-state index contributed by atoms with van der Waals surface area (Å²) in [5.74, 6) is 0.800. The van der Waals surface area contributed by atoms with E-state index in [4.69, 9.17) is 4.74 Å². The van der Waals surface area contributed by atoms with E-state index in [2.05, 4.69) is 51.7 Å². The number of benzene rings is 1. The van der Waals surface area contributed by atoms with Gasteiger partial charge in [-0.3, -0.25) is 4.99 Å². The van der Waals surface area contributed by atoms with Gasteiger partial charge in [0.05, 0.1) is 19.0 Å². The minimum Gasteiger partial charge on any atom is -0.379 e. The molecule has 2 rings (SSSR count). The zero-order valence-electron chi connectivity index (χ0n) is 16.6. The molecule has 0 aromatic heterocycles. The normalized spacial score (nSPS) is 18.4. The lowest BCUT2D eigenvalue weighted by Gasteiger charge is -2.35. The van der Waals surface area contributed by atoms with Crippen molar-refractivity contribution in [3.05, 3.63) is 29.8 Å². The molecule has 152 valence electrons. The van der Waals surface area contributed by atoms with E-state index in [-0.39, 0.29) is 12.4 Å². The van der Waals surface area contributed by atoms with Gasteiger partial charge in [0, 0.05) is 44.7 Å². The van der Waals surface area contributed by atoms with Gasteiger partial charge in [0.15, 0.2) is 5.96 Å². The number of guanidine groups is 1. The van der Waals surface area contributed by atoms with Crippen LogP contribution in [0.3, 0.4) is 0 Å². The fourth-order valence-corrected chi connectivity index (χ4v) is 3.45. The highest BCUT2D eigenvalue weighted by Gasteiger charge is 2.20. The first-order chi connectivity index (χ1) is 12.9. The Balaban J connectivity index is 1.72. The maximum absolute atomic E-state index is 11.1. The molecule has 0 saturated carbocycles. The van der Waals surface area contributed by atoms with Crippen LogP contribution in [0.1, 0.15) is 18.4 Å². The van der Waals surface area contributed by atoms with E-state index in [1.54, 1.807) is 7.05 Å². The fraction of sp³-hybridized carbons (Fsp3) is 0.632. The monoisotopic (exact) mass is 396 g/mol. The Bertz CT molecular complexity index is 704. The Morgan fingerprint density at radius 2 is 2.04 bits per heavy atom. The molecule has 8 heteroatoms. The molecule has 1 aromatic rings. The SMILES string of the molecule is CN=C(NCCOCCS(C)(=O)=O)NC1CCCN(c2ccc(C)cc2)C1. The molecule has 1 atom stereocenters. The van der Waals surface area contributed by atoms with Crippen molar-refractivity contribution in [1.29, 1.82) is 0 Å². The summed E-state index contributed by atoms with van der Waals surface area (Å²) in [6, 6.07) is 8.99. The second-order valence-electron chi connectivity index (χ2n) is 7.01. The largest absolute Gasteiger partial charge is 0.379 e. The Morgan fingerprint density at radius 3 is 2.70 bits per heavy atom. The summed E-state index contributed by atoms with van der Waals surface area (Å²) in [6.45, 7) is 5.36. The van der Waals surface area contributed by atoms with Crippen LogP contribution < -0.4 is 15.5 Å². The minimum absolute atomic E-state index is 0.0525. The van der Waals surface area contributed by atoms with Crippen LogP contribution in [-0.2, 0) is 14.6 Å². The third-order valence-electron chi connectivity index (χ3n) is 4.52. The topological polar surface area (TPSA) is 83.0 Å². The molecule has 1 aliphatic rings. The average molecular weight is 397 g/mol. The number of nitrogens with zero attached hydrogens (tertiary/aromatic N) is 2. The summed E-state index contributed by atoms with van der Waals surface area (Å²) < 4.78 is 27.5. The summed E-state index contributed by atoms with van der Waals surface area (Å²) >= 11 is 0. The first-order valence-corrected chi connectivity index (χ1v) is 11.5. The van der Waals surface area contributed by atoms with E-state index in [0.717, 1.165) is 31.9 Å². The number of hydrogen-bond acceptors (Lipinski definition) is 5. The van der Waals surface area contributed by atoms with Crippen LogP contribution in [0.2, 0.25) is 0 Å². The van der Waals surface area contributed by atoms with Gasteiger partial charge in [-0.2, -0.15) is 0 Å². The number of nitrogens with one attached hydrogen (secondary N) is 2. The summed E-state index contributed by atoms with van der Waals surface area (Å²) in [4.78, 5) is 6.68. The number of hydrogen-bond donors (Lipinski definition) is 2. The van der Waals surface area contributed by atoms with Crippen molar-refractivity contribution in [3.63, 3.8) is 0 Å². The fourth-order valence-electron chi connectivity index (χ4n) is 3.03. The highest BCUT2D eigenvalue weighted by molar-refractivity contribution is 7.90. The minimum atomic E-state index is -2.97. The quantitative estimate of drug-likeness (QED) is 0.390. The lowest BCUT2D eigenvalue weighted by atomic mass is 10.0. The van der Waals surface area contributed by atoms with Crippen LogP contribution in [0.15, 0.2) is 29.3 Å². The van der Waals surface area contributed by atoms with Gasteiger partial charge in [0.25, 0.3) is 0 Å². The average Bonchev–Trinajstić information content (AvgIpc) is 2.63. The van der Waals surface area contributed by atoms with Gasteiger partial charge in [-0.1, -0.05) is 17.7 Å². The first kappa shape index (κ1) is 21.5. The predicted molar refractivity (Wildman–Crippen MR) is 111 cm³/mol. The molecule has 0 radical (unpaired) electrons. The molecule has 27 heavy (non-hydrogen) atoms. The van der Waals surface area contributed by atoms with Gasteiger partial charge in [0.1, 0.15) is 9.84 Å². The number of sulfone groups is 1. The maximum Gasteiger partial charge on any atom is 0.191 e. The molecule has 0 bridgehead atoms. The van der Waals surface area contributed by atoms with E-state index in [0.29, 0.717) is 19.2 Å². The third-order valence-corrected chi connectivity index (χ3v) is 5.43. The molecule has 0 spiro atoms. The molecule has 0 amide bonds. The molecule has 0 aliphatic carbocycles. The Morgan fingerprint density at radius 1 is 1.30 bits per heavy atom. The van der Waals surface area contributed by atoms with Crippen LogP contribution in [0, 0.1) is 6.92 Å². The molecule has 1 aromatic carbocycles. The molecular formula is C19H32N4O3S. The first-order valence-electron chi connectivity index (χ1n) is 9.41. The van der Waals surface area contributed by atoms with Gasteiger partial charge in [-0.25, -0.2) is 8.42 Å². The third kappa shape index (κ3) is 8.17. The van der Waals surface area contributed by atoms with E-state index >= 15 is 0 Å². The van der Waals surface area contributed by atoms with Crippen LogP contribution in [0.25, 0.3) is 0 Å². The molecule has 1 unspecified atom stereocenters. The van der Waals surface area contributed by atoms with Crippen LogP contribution in [0.4, 0.5) is 5.69 Å². The molecule has 1 aliphatic heterocycles. The van der Waals surface area contributed by atoms with Gasteiger partial charge in [0.2, 0.25) is 0 Å². The Kier molecular flexibility index (Phi) is 8.37. The van der Waals surface area contributed by atoms with Crippen molar-refractivity contribution in [2.24, 2.45) is 4.99 Å². The lowest BCUT2D eigenvalue weighted by molar-refractivity contribution is 0.154. The van der Waals surface area contributed by atoms with E-state index in [1.165, 1.54) is 17.5 Å². The van der Waals surface area contributed by atoms with Gasteiger partial charge >= 0.3 is 0 Å². The smallest absolute Gasteiger partial charge is 0.191 e. The zero-order chi connectivity index (χ0) is 19.7. The maximum atomic E-state index is 11.1. The zero-order valence-corrected chi connectivity index (χ0v) is 17.4. The van der Waals surface area contributed by atoms with Crippen LogP contribution in [-0.4, -0.2) is 72.3 Å². The summed E-state index contributed by atoms with van der Waals surface area (Å²) in [5.41, 5.74) is 2.53. The van der Waals surface area contributed by atoms with E-state index in [9.17, 15) is 8.42 Å². The van der Waals surface area contributed by atoms with Crippen molar-refractivity contribution >= 4 is 21.5 Å². The van der Waals surface area contributed by atoms with Gasteiger partial charge < -0.3 is 20.3 Å². The molecule has 2 N–H and O–H groups in total. The Hall–Kier alpha value is -1.80. The lowest BCUT2D eigenvalue weighted by Crippen LogP contribution is -2.51. The molecule has 1 saturated heterocycles. The number of aryl methyl sites for hydroxylation is 1. The highest BCUT2D eigenvalue weighted by Crippen LogP contribution is 2.20. The Labute approximate surface area is 163 Å². The number of anilines is 1. The molecule has 7 nitrogen and oxygen atoms in total. The predicted octanol–water partition coefficient (Wildman–Crippen LogP) is 1.19. The van der Waals surface area contributed by atoms with Gasteiger partial charge in [-0.05, 0) is 31.9 Å². The van der Waals surface area contributed by atoms with E-state index < -0.39 is 9.84 Å². The van der Waals surface area contributed by atoms with Crippen molar-refractivity contribution in [2.45, 2.75) is 25.8 Å². The van der Waals surface area contributed by atoms with Gasteiger partial charge in [-0.15, -0.1) is 0 Å². The summed E-state index contributed by atoms with van der Waals surface area (Å²) in [5, 5.41) is 6.70.